The van der Waals surface area contributed by atoms with Crippen LogP contribution >= 0.6 is 0 Å². The van der Waals surface area contributed by atoms with Crippen LogP contribution in [0.15, 0.2) is 23.3 Å². The molecule has 6 aliphatic rings. The maximum absolute atomic E-state index is 12.2. The second-order valence-corrected chi connectivity index (χ2v) is 19.6. The predicted molar refractivity (Wildman–Crippen MR) is 199 cm³/mol. The van der Waals surface area contributed by atoms with E-state index in [0.29, 0.717) is 19.3 Å². The summed E-state index contributed by atoms with van der Waals surface area (Å²) in [5.74, 6) is 0.165. The van der Waals surface area contributed by atoms with Crippen LogP contribution in [-0.2, 0) is 18.9 Å². The predicted octanol–water partition coefficient (Wildman–Crippen LogP) is 2.95. The zero-order chi connectivity index (χ0) is 39.9. The molecule has 0 bridgehead atoms. The van der Waals surface area contributed by atoms with Gasteiger partial charge in [0, 0.05) is 0 Å². The molecule has 2 heterocycles. The number of rotatable bonds is 8. The summed E-state index contributed by atoms with van der Waals surface area (Å²) in [4.78, 5) is 0. The summed E-state index contributed by atoms with van der Waals surface area (Å²) in [5, 5.41) is 88.2. The first-order valence-electron chi connectivity index (χ1n) is 20.4. The highest BCUT2D eigenvalue weighted by Gasteiger charge is 2.73. The lowest BCUT2D eigenvalue weighted by Crippen LogP contribution is -2.71. The van der Waals surface area contributed by atoms with Crippen molar-refractivity contribution in [2.24, 2.45) is 45.3 Å². The minimum atomic E-state index is -1.68. The highest BCUT2D eigenvalue weighted by Crippen LogP contribution is 2.76. The van der Waals surface area contributed by atoms with Gasteiger partial charge in [-0.05, 0) is 118 Å². The first-order chi connectivity index (χ1) is 25.1. The summed E-state index contributed by atoms with van der Waals surface area (Å²) in [7, 11) is 0. The summed E-state index contributed by atoms with van der Waals surface area (Å²) < 4.78 is 25.2. The Balaban J connectivity index is 1.39. The average Bonchev–Trinajstić information content (AvgIpc) is 3.48. The van der Waals surface area contributed by atoms with Crippen molar-refractivity contribution in [3.63, 3.8) is 0 Å². The molecule has 5 unspecified atom stereocenters. The molecule has 4 saturated carbocycles. The quantitative estimate of drug-likeness (QED) is 0.133. The molecule has 12 heteroatoms. The van der Waals surface area contributed by atoms with E-state index in [-0.39, 0.29) is 39.9 Å². The molecule has 12 nitrogen and oxygen atoms in total. The fourth-order valence-electron chi connectivity index (χ4n) is 12.9. The van der Waals surface area contributed by atoms with E-state index in [1.54, 1.807) is 0 Å². The normalized spacial score (nSPS) is 53.3. The maximum atomic E-state index is 12.2. The first kappa shape index (κ1) is 42.6. The second kappa shape index (κ2) is 15.3. The van der Waals surface area contributed by atoms with Gasteiger partial charge in [-0.2, -0.15) is 0 Å². The zero-order valence-electron chi connectivity index (χ0n) is 33.8. The Kier molecular flexibility index (Phi) is 12.1. The summed E-state index contributed by atoms with van der Waals surface area (Å²) in [6.07, 6.45) is -6.05. The van der Waals surface area contributed by atoms with Gasteiger partial charge in [0.25, 0.3) is 0 Å². The Morgan fingerprint density at radius 1 is 0.759 bits per heavy atom. The van der Waals surface area contributed by atoms with Gasteiger partial charge >= 0.3 is 0 Å². The van der Waals surface area contributed by atoms with E-state index < -0.39 is 91.7 Å². The van der Waals surface area contributed by atoms with Gasteiger partial charge in [-0.15, -0.1) is 0 Å². The van der Waals surface area contributed by atoms with Crippen molar-refractivity contribution in [3.8, 4) is 0 Å². The third kappa shape index (κ3) is 6.79. The van der Waals surface area contributed by atoms with E-state index in [9.17, 15) is 40.9 Å². The van der Waals surface area contributed by atoms with E-state index in [0.717, 1.165) is 25.7 Å². The molecular formula is C42H70O12. The summed E-state index contributed by atoms with van der Waals surface area (Å²) in [6, 6.07) is 0. The van der Waals surface area contributed by atoms with Crippen molar-refractivity contribution >= 4 is 0 Å². The maximum Gasteiger partial charge on any atom is 0.187 e. The van der Waals surface area contributed by atoms with Crippen LogP contribution in [0.1, 0.15) is 107 Å². The summed E-state index contributed by atoms with van der Waals surface area (Å²) in [6.45, 7) is 18.5. The molecular weight excluding hydrogens is 696 g/mol. The molecule has 0 spiro atoms. The van der Waals surface area contributed by atoms with Gasteiger partial charge in [0.05, 0.1) is 31.0 Å². The molecule has 2 aliphatic heterocycles. The van der Waals surface area contributed by atoms with Gasteiger partial charge in [-0.25, -0.2) is 0 Å². The van der Waals surface area contributed by atoms with Crippen molar-refractivity contribution in [2.45, 2.75) is 187 Å². The number of hydrogen-bond acceptors (Lipinski definition) is 12. The third-order valence-electron chi connectivity index (χ3n) is 16.0. The monoisotopic (exact) mass is 766 g/mol. The smallest absolute Gasteiger partial charge is 0.187 e. The van der Waals surface area contributed by atoms with Crippen molar-refractivity contribution in [1.29, 1.82) is 0 Å². The van der Waals surface area contributed by atoms with Crippen molar-refractivity contribution in [1.82, 2.24) is 0 Å². The van der Waals surface area contributed by atoms with Crippen LogP contribution in [0.3, 0.4) is 0 Å². The molecule has 0 aromatic rings. The Labute approximate surface area is 321 Å². The Hall–Kier alpha value is -1.00. The lowest BCUT2D eigenvalue weighted by molar-refractivity contribution is -0.381. The van der Waals surface area contributed by atoms with E-state index in [1.807, 2.05) is 0 Å². The van der Waals surface area contributed by atoms with Crippen molar-refractivity contribution < 1.29 is 59.8 Å². The molecule has 0 amide bonds. The first-order valence-corrected chi connectivity index (χ1v) is 20.4. The van der Waals surface area contributed by atoms with Gasteiger partial charge < -0.3 is 59.8 Å². The van der Waals surface area contributed by atoms with Gasteiger partial charge in [0.15, 0.2) is 12.6 Å². The minimum Gasteiger partial charge on any atom is -0.394 e. The molecule has 4 aliphatic carbocycles. The van der Waals surface area contributed by atoms with E-state index in [1.165, 1.54) is 18.1 Å². The van der Waals surface area contributed by atoms with Crippen LogP contribution < -0.4 is 0 Å². The largest absolute Gasteiger partial charge is 0.394 e. The number of hydrogen-bond donors (Lipinski definition) is 8. The van der Waals surface area contributed by atoms with Gasteiger partial charge in [0.2, 0.25) is 0 Å². The second-order valence-electron chi connectivity index (χ2n) is 19.6. The lowest BCUT2D eigenvalue weighted by Gasteiger charge is -2.72. The Morgan fingerprint density at radius 2 is 1.44 bits per heavy atom. The molecule has 2 saturated heterocycles. The Morgan fingerprint density at radius 3 is 2.09 bits per heavy atom. The molecule has 0 aromatic carbocycles. The fourth-order valence-corrected chi connectivity index (χ4v) is 12.9. The number of allylic oxidation sites excluding steroid dienone is 4. The standard InChI is InChI=1S/C42H70O12/c1-20(2)11-10-12-21(3)23-13-16-41(8)29(23)24(44)17-27-40(7)15-14-28(45)39(5,6)36(40)25(18-42(27,41)9)52-38-35(33(49)31(47)26(19-43)53-38)54-37-34(50)32(48)30(46)22(4)51-37/h11-12,22-38,43-50H,10,13-19H2,1-9H3/b21-12+/t22-,23+,24?,25-,26+,27?,28-,29?,30-,31+,32+,33-,34+,35+,36?,37-,38?,40+,41+,42+/m0/s1. The van der Waals surface area contributed by atoms with Gasteiger partial charge in [-0.1, -0.05) is 57.9 Å². The number of aliphatic hydroxyl groups is 8. The van der Waals surface area contributed by atoms with Crippen LogP contribution in [-0.4, -0.2) is 127 Å². The number of fused-ring (bicyclic) bond motifs is 5. The van der Waals surface area contributed by atoms with E-state index in [4.69, 9.17) is 18.9 Å². The van der Waals surface area contributed by atoms with Gasteiger partial charge in [0.1, 0.15) is 42.7 Å². The lowest BCUT2D eigenvalue weighted by atomic mass is 9.34. The summed E-state index contributed by atoms with van der Waals surface area (Å²) in [5.41, 5.74) is 1.01. The molecule has 310 valence electrons. The van der Waals surface area contributed by atoms with Crippen LogP contribution in [0.4, 0.5) is 0 Å². The zero-order valence-corrected chi connectivity index (χ0v) is 33.8. The van der Waals surface area contributed by atoms with E-state index in [2.05, 4.69) is 67.5 Å². The fraction of sp³-hybridized carbons (Fsp3) is 0.905. The van der Waals surface area contributed by atoms with Crippen LogP contribution in [0, 0.1) is 45.3 Å². The van der Waals surface area contributed by atoms with Crippen LogP contribution in [0.5, 0.6) is 0 Å². The molecule has 0 radical (unpaired) electrons. The molecule has 8 N–H and O–H groups in total. The van der Waals surface area contributed by atoms with Crippen molar-refractivity contribution in [3.05, 3.63) is 23.3 Å². The molecule has 0 aromatic heterocycles. The van der Waals surface area contributed by atoms with Gasteiger partial charge in [-0.3, -0.25) is 0 Å². The molecule has 54 heavy (non-hydrogen) atoms. The van der Waals surface area contributed by atoms with Crippen LogP contribution in [0.25, 0.3) is 0 Å². The van der Waals surface area contributed by atoms with Crippen LogP contribution in [0.2, 0.25) is 0 Å². The molecule has 20 atom stereocenters. The SMILES string of the molecule is CC(C)=CC/C=C(\C)[C@H]1CC[C@]2(C)C1C(O)CC1[C@@]3(C)CC[C@H](O)C(C)(C)C3[C@@H](OC3O[C@H](CO)[C@@H](O)[C@H](O)[C@H]3O[C@@H]3O[C@@H](C)[C@H](O)[C@@H](O)[C@H]3O)C[C@]12C. The number of aliphatic hydroxyl groups excluding tert-OH is 8. The average molecular weight is 767 g/mol. The third-order valence-corrected chi connectivity index (χ3v) is 16.0. The molecule has 6 rings (SSSR count). The van der Waals surface area contributed by atoms with E-state index >= 15 is 0 Å². The Bertz CT molecular complexity index is 1400. The summed E-state index contributed by atoms with van der Waals surface area (Å²) >= 11 is 0. The topological polar surface area (TPSA) is 199 Å². The highest BCUT2D eigenvalue weighted by molar-refractivity contribution is 5.24. The number of ether oxygens (including phenoxy) is 4. The van der Waals surface area contributed by atoms with Crippen molar-refractivity contribution in [2.75, 3.05) is 6.61 Å². The highest BCUT2D eigenvalue weighted by atomic mass is 16.8. The minimum absolute atomic E-state index is 0.0381. The molecule has 6 fully saturated rings.